The summed E-state index contributed by atoms with van der Waals surface area (Å²) in [6.45, 7) is 1.99. The van der Waals surface area contributed by atoms with Gasteiger partial charge in [0.2, 0.25) is 0 Å². The smallest absolute Gasteiger partial charge is 0.108 e. The second-order valence-electron chi connectivity index (χ2n) is 5.37. The van der Waals surface area contributed by atoms with Crippen molar-refractivity contribution in [2.24, 2.45) is 0 Å². The van der Waals surface area contributed by atoms with Crippen molar-refractivity contribution in [3.8, 4) is 6.07 Å². The lowest BCUT2D eigenvalue weighted by atomic mass is 9.93. The quantitative estimate of drug-likeness (QED) is 0.898. The molecule has 2 rings (SSSR count). The number of rotatable bonds is 4. The predicted molar refractivity (Wildman–Crippen MR) is 74.6 cm³/mol. The van der Waals surface area contributed by atoms with E-state index in [9.17, 15) is 5.26 Å². The van der Waals surface area contributed by atoms with E-state index in [1.807, 2.05) is 31.2 Å². The van der Waals surface area contributed by atoms with Crippen LogP contribution in [0.3, 0.4) is 0 Å². The number of nitrogens with one attached hydrogen (secondary N) is 1. The monoisotopic (exact) mass is 262 g/mol. The molecule has 1 unspecified atom stereocenters. The molecule has 1 aromatic rings. The molecular weight excluding hydrogens is 244 g/mol. The number of nitriles is 1. The van der Waals surface area contributed by atoms with E-state index in [2.05, 4.69) is 11.4 Å². The molecule has 3 heteroatoms. The Hall–Kier alpha value is -1.04. The molecule has 1 saturated carbocycles. The molecule has 0 saturated heterocycles. The van der Waals surface area contributed by atoms with Crippen LogP contribution in [0.25, 0.3) is 0 Å². The maximum atomic E-state index is 9.42. The summed E-state index contributed by atoms with van der Waals surface area (Å²) in [4.78, 5) is 0. The molecule has 1 aliphatic carbocycles. The maximum Gasteiger partial charge on any atom is 0.108 e. The fourth-order valence-corrected chi connectivity index (χ4v) is 2.78. The van der Waals surface area contributed by atoms with Crippen LogP contribution in [0.4, 0.5) is 0 Å². The number of hydrogen-bond acceptors (Lipinski definition) is 2. The van der Waals surface area contributed by atoms with Crippen molar-refractivity contribution in [2.45, 2.75) is 50.6 Å². The second kappa shape index (κ2) is 5.73. The zero-order valence-corrected chi connectivity index (χ0v) is 11.5. The molecule has 2 nitrogen and oxygen atoms in total. The molecule has 0 radical (unpaired) electrons. The third kappa shape index (κ3) is 3.48. The summed E-state index contributed by atoms with van der Waals surface area (Å²) < 4.78 is 0. The molecule has 1 atom stereocenters. The van der Waals surface area contributed by atoms with Gasteiger partial charge in [-0.15, -0.1) is 0 Å². The maximum absolute atomic E-state index is 9.42. The molecule has 1 fully saturated rings. The molecule has 1 aliphatic rings. The minimum atomic E-state index is -0.483. The van der Waals surface area contributed by atoms with Gasteiger partial charge in [0.05, 0.1) is 6.07 Å². The number of benzene rings is 1. The van der Waals surface area contributed by atoms with Crippen molar-refractivity contribution in [3.63, 3.8) is 0 Å². The van der Waals surface area contributed by atoms with Gasteiger partial charge >= 0.3 is 0 Å². The first kappa shape index (κ1) is 13.4. The Bertz CT molecular complexity index is 429. The lowest BCUT2D eigenvalue weighted by Gasteiger charge is -2.27. The van der Waals surface area contributed by atoms with Crippen LogP contribution in [-0.2, 0) is 6.42 Å². The third-order valence-corrected chi connectivity index (χ3v) is 3.85. The molecule has 0 spiro atoms. The highest BCUT2D eigenvalue weighted by Crippen LogP contribution is 2.22. The SMILES string of the molecule is CC(C#N)(Cc1ccc(Cl)cc1)NC1CCCC1. The lowest BCUT2D eigenvalue weighted by Crippen LogP contribution is -2.47. The Kier molecular flexibility index (Phi) is 4.27. The van der Waals surface area contributed by atoms with E-state index >= 15 is 0 Å². The van der Waals surface area contributed by atoms with Gasteiger partial charge in [-0.1, -0.05) is 36.6 Å². The van der Waals surface area contributed by atoms with E-state index in [-0.39, 0.29) is 0 Å². The first-order valence-corrected chi connectivity index (χ1v) is 6.92. The summed E-state index contributed by atoms with van der Waals surface area (Å²) in [5, 5.41) is 13.7. The van der Waals surface area contributed by atoms with Crippen molar-refractivity contribution in [1.82, 2.24) is 5.32 Å². The van der Waals surface area contributed by atoms with Crippen molar-refractivity contribution in [1.29, 1.82) is 5.26 Å². The Morgan fingerprint density at radius 1 is 1.33 bits per heavy atom. The lowest BCUT2D eigenvalue weighted by molar-refractivity contribution is 0.377. The van der Waals surface area contributed by atoms with Crippen molar-refractivity contribution in [2.75, 3.05) is 0 Å². The summed E-state index contributed by atoms with van der Waals surface area (Å²) >= 11 is 5.87. The zero-order chi connectivity index (χ0) is 13.0. The van der Waals surface area contributed by atoms with E-state index < -0.39 is 5.54 Å². The highest BCUT2D eigenvalue weighted by Gasteiger charge is 2.28. The average molecular weight is 263 g/mol. The van der Waals surface area contributed by atoms with Crippen molar-refractivity contribution >= 4 is 11.6 Å². The van der Waals surface area contributed by atoms with Gasteiger partial charge in [-0.25, -0.2) is 0 Å². The summed E-state index contributed by atoms with van der Waals surface area (Å²) in [6.07, 6.45) is 5.66. The first-order valence-electron chi connectivity index (χ1n) is 6.55. The van der Waals surface area contributed by atoms with Crippen LogP contribution in [0.15, 0.2) is 24.3 Å². The largest absolute Gasteiger partial charge is 0.297 e. The molecule has 0 bridgehead atoms. The minimum absolute atomic E-state index is 0.483. The fraction of sp³-hybridized carbons (Fsp3) is 0.533. The van der Waals surface area contributed by atoms with Crippen molar-refractivity contribution in [3.05, 3.63) is 34.9 Å². The minimum Gasteiger partial charge on any atom is -0.297 e. The van der Waals surface area contributed by atoms with Gasteiger partial charge < -0.3 is 0 Å². The van der Waals surface area contributed by atoms with Gasteiger partial charge in [-0.05, 0) is 37.5 Å². The molecule has 1 aromatic carbocycles. The zero-order valence-electron chi connectivity index (χ0n) is 10.7. The highest BCUT2D eigenvalue weighted by molar-refractivity contribution is 6.30. The Morgan fingerprint density at radius 2 is 1.94 bits per heavy atom. The number of nitrogens with zero attached hydrogens (tertiary/aromatic N) is 1. The molecule has 0 aliphatic heterocycles. The van der Waals surface area contributed by atoms with E-state index in [0.29, 0.717) is 6.04 Å². The van der Waals surface area contributed by atoms with Crippen LogP contribution >= 0.6 is 11.6 Å². The van der Waals surface area contributed by atoms with Gasteiger partial charge in [-0.3, -0.25) is 5.32 Å². The average Bonchev–Trinajstić information content (AvgIpc) is 2.85. The summed E-state index contributed by atoms with van der Waals surface area (Å²) in [6, 6.07) is 10.7. The van der Waals surface area contributed by atoms with Crippen LogP contribution in [0.1, 0.15) is 38.2 Å². The second-order valence-corrected chi connectivity index (χ2v) is 5.81. The molecule has 1 N–H and O–H groups in total. The summed E-state index contributed by atoms with van der Waals surface area (Å²) in [5.74, 6) is 0. The number of hydrogen-bond donors (Lipinski definition) is 1. The van der Waals surface area contributed by atoms with Crippen LogP contribution in [0, 0.1) is 11.3 Å². The molecule has 18 heavy (non-hydrogen) atoms. The first-order chi connectivity index (χ1) is 8.61. The van der Waals surface area contributed by atoms with E-state index in [1.54, 1.807) is 0 Å². The predicted octanol–water partition coefficient (Wildman–Crippen LogP) is 3.70. The van der Waals surface area contributed by atoms with Crippen LogP contribution in [-0.4, -0.2) is 11.6 Å². The third-order valence-electron chi connectivity index (χ3n) is 3.60. The van der Waals surface area contributed by atoms with Crippen LogP contribution < -0.4 is 5.32 Å². The highest BCUT2D eigenvalue weighted by atomic mass is 35.5. The van der Waals surface area contributed by atoms with E-state index in [1.165, 1.54) is 25.7 Å². The molecule has 0 aromatic heterocycles. The number of halogens is 1. The van der Waals surface area contributed by atoms with Gasteiger partial charge in [0.15, 0.2) is 0 Å². The van der Waals surface area contributed by atoms with Gasteiger partial charge in [0.25, 0.3) is 0 Å². The van der Waals surface area contributed by atoms with Crippen LogP contribution in [0.2, 0.25) is 5.02 Å². The standard InChI is InChI=1S/C15H19ClN2/c1-15(11-17,18-14-4-2-3-5-14)10-12-6-8-13(16)9-7-12/h6-9,14,18H,2-5,10H2,1H3. The summed E-state index contributed by atoms with van der Waals surface area (Å²) in [5.41, 5.74) is 0.664. The van der Waals surface area contributed by atoms with Crippen molar-refractivity contribution < 1.29 is 0 Å². The topological polar surface area (TPSA) is 35.8 Å². The van der Waals surface area contributed by atoms with E-state index in [4.69, 9.17) is 11.6 Å². The fourth-order valence-electron chi connectivity index (χ4n) is 2.65. The normalized spacial score (nSPS) is 19.4. The summed E-state index contributed by atoms with van der Waals surface area (Å²) in [7, 11) is 0. The molecule has 96 valence electrons. The molecule has 0 amide bonds. The van der Waals surface area contributed by atoms with E-state index in [0.717, 1.165) is 17.0 Å². The Morgan fingerprint density at radius 3 is 2.50 bits per heavy atom. The Balaban J connectivity index is 2.02. The molecule has 0 heterocycles. The van der Waals surface area contributed by atoms with Gasteiger partial charge in [0.1, 0.15) is 5.54 Å². The van der Waals surface area contributed by atoms with Gasteiger partial charge in [-0.2, -0.15) is 5.26 Å². The van der Waals surface area contributed by atoms with Gasteiger partial charge in [0, 0.05) is 17.5 Å². The Labute approximate surface area is 114 Å². The molecular formula is C15H19ClN2. The van der Waals surface area contributed by atoms with Crippen LogP contribution in [0.5, 0.6) is 0 Å².